The summed E-state index contributed by atoms with van der Waals surface area (Å²) in [4.78, 5) is 0. The summed E-state index contributed by atoms with van der Waals surface area (Å²) in [5.41, 5.74) is -0.497. The lowest BCUT2D eigenvalue weighted by molar-refractivity contribution is -0.190. The number of rotatable bonds is 6. The Morgan fingerprint density at radius 1 is 1.11 bits per heavy atom. The molecule has 104 valence electrons. The molecule has 1 unspecified atom stereocenters. The molecular weight excluding hydrogens is 258 g/mol. The van der Waals surface area contributed by atoms with Crippen LogP contribution in [0.15, 0.2) is 30.3 Å². The predicted octanol–water partition coefficient (Wildman–Crippen LogP) is 2.88. The Bertz CT molecular complexity index is 434. The lowest BCUT2D eigenvalue weighted by atomic mass is 9.95. The van der Waals surface area contributed by atoms with Gasteiger partial charge in [0.05, 0.1) is 0 Å². The van der Waals surface area contributed by atoms with Crippen LogP contribution in [-0.4, -0.2) is 28.8 Å². The number of hydrogen-bond acceptors (Lipinski definition) is 4. The Labute approximate surface area is 116 Å². The molecule has 0 radical (unpaired) electrons. The Balaban J connectivity index is 3.34. The van der Waals surface area contributed by atoms with E-state index in [0.717, 1.165) is 5.56 Å². The van der Waals surface area contributed by atoms with Crippen molar-refractivity contribution in [3.05, 3.63) is 35.9 Å². The number of nitrogens with zero attached hydrogens (tertiary/aromatic N) is 1. The zero-order valence-electron chi connectivity index (χ0n) is 12.1. The number of nitriles is 1. The van der Waals surface area contributed by atoms with Gasteiger partial charge < -0.3 is 13.9 Å². The number of ether oxygens (including phenoxy) is 2. The van der Waals surface area contributed by atoms with Crippen molar-refractivity contribution in [1.29, 1.82) is 5.26 Å². The minimum absolute atomic E-state index is 0.744. The maximum absolute atomic E-state index is 9.71. The second-order valence-electron chi connectivity index (χ2n) is 5.23. The third-order valence-electron chi connectivity index (χ3n) is 2.60. The number of benzene rings is 1. The molecule has 19 heavy (non-hydrogen) atoms. The summed E-state index contributed by atoms with van der Waals surface area (Å²) in [7, 11) is 1.05. The van der Waals surface area contributed by atoms with Crippen molar-refractivity contribution < 1.29 is 13.9 Å². The minimum atomic E-state index is -1.97. The zero-order valence-corrected chi connectivity index (χ0v) is 13.1. The Morgan fingerprint density at radius 3 is 2.00 bits per heavy atom. The highest BCUT2D eigenvalue weighted by Crippen LogP contribution is 2.34. The van der Waals surface area contributed by atoms with E-state index in [-0.39, 0.29) is 0 Å². The number of methoxy groups -OCH3 is 2. The van der Waals surface area contributed by atoms with E-state index in [2.05, 4.69) is 6.07 Å². The van der Waals surface area contributed by atoms with Gasteiger partial charge in [-0.2, -0.15) is 5.26 Å². The van der Waals surface area contributed by atoms with Gasteiger partial charge in [0.2, 0.25) is 11.9 Å². The van der Waals surface area contributed by atoms with Crippen LogP contribution in [0.5, 0.6) is 0 Å². The van der Waals surface area contributed by atoms with E-state index in [1.165, 1.54) is 14.2 Å². The second kappa shape index (κ2) is 6.31. The third kappa shape index (κ3) is 3.64. The third-order valence-corrected chi connectivity index (χ3v) is 3.53. The minimum Gasteiger partial charge on any atom is -0.393 e. The quantitative estimate of drug-likeness (QED) is 0.593. The molecule has 1 atom stereocenters. The van der Waals surface area contributed by atoms with Crippen LogP contribution in [0.2, 0.25) is 19.6 Å². The molecule has 5 heteroatoms. The van der Waals surface area contributed by atoms with Crippen molar-refractivity contribution in [2.45, 2.75) is 31.5 Å². The topological polar surface area (TPSA) is 51.5 Å². The summed E-state index contributed by atoms with van der Waals surface area (Å²) in [6.07, 6.45) is -0.772. The summed E-state index contributed by atoms with van der Waals surface area (Å²) < 4.78 is 16.7. The maximum atomic E-state index is 9.71. The second-order valence-corrected chi connectivity index (χ2v) is 9.66. The van der Waals surface area contributed by atoms with Gasteiger partial charge in [0.1, 0.15) is 6.07 Å². The molecule has 0 aromatic heterocycles. The summed E-state index contributed by atoms with van der Waals surface area (Å²) in [6.45, 7) is 6.10. The standard InChI is InChI=1S/C14H21NO3Si/c1-16-13(17-2)14(11-15,18-19(3,4)5)12-9-7-6-8-10-12/h6-10,13H,1-5H3. The van der Waals surface area contributed by atoms with Crippen molar-refractivity contribution in [3.63, 3.8) is 0 Å². The largest absolute Gasteiger partial charge is 0.393 e. The highest BCUT2D eigenvalue weighted by atomic mass is 28.4. The first kappa shape index (κ1) is 15.9. The monoisotopic (exact) mass is 279 g/mol. The van der Waals surface area contributed by atoms with Gasteiger partial charge in [-0.3, -0.25) is 0 Å². The van der Waals surface area contributed by atoms with Gasteiger partial charge in [-0.1, -0.05) is 30.3 Å². The molecule has 4 nitrogen and oxygen atoms in total. The van der Waals surface area contributed by atoms with Crippen molar-refractivity contribution >= 4 is 8.32 Å². The Hall–Kier alpha value is -1.19. The van der Waals surface area contributed by atoms with Crippen molar-refractivity contribution in [2.24, 2.45) is 0 Å². The first-order chi connectivity index (χ1) is 8.89. The normalized spacial score (nSPS) is 15.0. The molecular formula is C14H21NO3Si. The molecule has 0 heterocycles. The molecule has 1 aromatic carbocycles. The van der Waals surface area contributed by atoms with E-state index in [4.69, 9.17) is 13.9 Å². The van der Waals surface area contributed by atoms with Crippen molar-refractivity contribution in [2.75, 3.05) is 14.2 Å². The van der Waals surface area contributed by atoms with Crippen LogP contribution < -0.4 is 0 Å². The highest BCUT2D eigenvalue weighted by Gasteiger charge is 2.46. The van der Waals surface area contributed by atoms with Crippen molar-refractivity contribution in [1.82, 2.24) is 0 Å². The van der Waals surface area contributed by atoms with Crippen LogP contribution >= 0.6 is 0 Å². The molecule has 0 fully saturated rings. The molecule has 0 aliphatic carbocycles. The fourth-order valence-electron chi connectivity index (χ4n) is 1.98. The van der Waals surface area contributed by atoms with Crippen LogP contribution in [0.1, 0.15) is 5.56 Å². The van der Waals surface area contributed by atoms with Gasteiger partial charge in [-0.05, 0) is 19.6 Å². The Morgan fingerprint density at radius 2 is 1.63 bits per heavy atom. The average molecular weight is 279 g/mol. The molecule has 0 saturated carbocycles. The lowest BCUT2D eigenvalue weighted by Gasteiger charge is -2.38. The molecule has 0 spiro atoms. The molecule has 0 aliphatic heterocycles. The van der Waals surface area contributed by atoms with Gasteiger partial charge in [0.25, 0.3) is 0 Å². The first-order valence-electron chi connectivity index (χ1n) is 6.12. The fourth-order valence-corrected chi connectivity index (χ4v) is 3.21. The van der Waals surface area contributed by atoms with Gasteiger partial charge >= 0.3 is 0 Å². The van der Waals surface area contributed by atoms with Crippen LogP contribution in [0, 0.1) is 11.3 Å². The molecule has 0 saturated heterocycles. The predicted molar refractivity (Wildman–Crippen MR) is 76.0 cm³/mol. The average Bonchev–Trinajstić information content (AvgIpc) is 2.38. The van der Waals surface area contributed by atoms with E-state index < -0.39 is 20.2 Å². The SMILES string of the molecule is COC(OC)C(C#N)(O[Si](C)(C)C)c1ccccc1. The van der Waals surface area contributed by atoms with Gasteiger partial charge in [0.15, 0.2) is 8.32 Å². The molecule has 0 bridgehead atoms. The molecule has 0 amide bonds. The zero-order chi connectivity index (χ0) is 14.5. The van der Waals surface area contributed by atoms with Gasteiger partial charge in [0, 0.05) is 19.8 Å². The fraction of sp³-hybridized carbons (Fsp3) is 0.500. The van der Waals surface area contributed by atoms with E-state index in [1.54, 1.807) is 0 Å². The summed E-state index contributed by atoms with van der Waals surface area (Å²) in [5.74, 6) is 0. The lowest BCUT2D eigenvalue weighted by Crippen LogP contribution is -2.49. The van der Waals surface area contributed by atoms with Crippen LogP contribution in [0.3, 0.4) is 0 Å². The van der Waals surface area contributed by atoms with E-state index in [9.17, 15) is 5.26 Å². The van der Waals surface area contributed by atoms with E-state index in [0.29, 0.717) is 0 Å². The molecule has 0 aliphatic rings. The van der Waals surface area contributed by atoms with Crippen LogP contribution in [0.4, 0.5) is 0 Å². The smallest absolute Gasteiger partial charge is 0.221 e. The van der Waals surface area contributed by atoms with Crippen LogP contribution in [-0.2, 0) is 19.5 Å². The summed E-state index contributed by atoms with van der Waals surface area (Å²) in [5, 5.41) is 9.71. The maximum Gasteiger partial charge on any atom is 0.221 e. The van der Waals surface area contributed by atoms with E-state index >= 15 is 0 Å². The molecule has 1 rings (SSSR count). The van der Waals surface area contributed by atoms with Crippen LogP contribution in [0.25, 0.3) is 0 Å². The molecule has 0 N–H and O–H groups in total. The number of hydrogen-bond donors (Lipinski definition) is 0. The Kier molecular flexibility index (Phi) is 5.26. The summed E-state index contributed by atoms with van der Waals surface area (Å²) in [6, 6.07) is 11.6. The first-order valence-corrected chi connectivity index (χ1v) is 9.53. The summed E-state index contributed by atoms with van der Waals surface area (Å²) >= 11 is 0. The molecule has 1 aromatic rings. The van der Waals surface area contributed by atoms with E-state index in [1.807, 2.05) is 50.0 Å². The van der Waals surface area contributed by atoms with Crippen molar-refractivity contribution in [3.8, 4) is 6.07 Å². The van der Waals surface area contributed by atoms with Gasteiger partial charge in [-0.25, -0.2) is 0 Å². The highest BCUT2D eigenvalue weighted by molar-refractivity contribution is 6.69. The van der Waals surface area contributed by atoms with Gasteiger partial charge in [-0.15, -0.1) is 0 Å².